The fraction of sp³-hybridized carbons (Fsp3) is 0.462. The summed E-state index contributed by atoms with van der Waals surface area (Å²) in [6, 6.07) is 3.27. The average Bonchev–Trinajstić information content (AvgIpc) is 2.85. The third-order valence-corrected chi connectivity index (χ3v) is 3.93. The molecule has 2 unspecified atom stereocenters. The van der Waals surface area contributed by atoms with Gasteiger partial charge in [-0.3, -0.25) is 0 Å². The van der Waals surface area contributed by atoms with E-state index in [0.29, 0.717) is 0 Å². The number of halogens is 1. The topological polar surface area (TPSA) is 84.6 Å². The van der Waals surface area contributed by atoms with E-state index < -0.39 is 5.97 Å². The van der Waals surface area contributed by atoms with Gasteiger partial charge in [0.25, 0.3) is 0 Å². The molecule has 1 aliphatic heterocycles. The summed E-state index contributed by atoms with van der Waals surface area (Å²) in [5.74, 6) is -1.03. The average molecular weight is 329 g/mol. The lowest BCUT2D eigenvalue weighted by Crippen LogP contribution is -2.30. The molecule has 0 aliphatic carbocycles. The Hall–Kier alpha value is -1.27. The molecule has 1 aromatic rings. The third-order valence-electron chi connectivity index (χ3n) is 3.28. The lowest BCUT2D eigenvalue weighted by Gasteiger charge is -2.22. The van der Waals surface area contributed by atoms with Gasteiger partial charge in [0, 0.05) is 28.5 Å². The van der Waals surface area contributed by atoms with Gasteiger partial charge in [-0.25, -0.2) is 4.79 Å². The Labute approximate surface area is 120 Å². The molecule has 0 amide bonds. The van der Waals surface area contributed by atoms with E-state index in [2.05, 4.69) is 21.2 Å². The van der Waals surface area contributed by atoms with E-state index >= 15 is 0 Å². The van der Waals surface area contributed by atoms with E-state index in [1.807, 2.05) is 6.92 Å². The van der Waals surface area contributed by atoms with Crippen LogP contribution < -0.4 is 11.1 Å². The van der Waals surface area contributed by atoms with Gasteiger partial charge in [0.1, 0.15) is 0 Å². The first-order valence-electron chi connectivity index (χ1n) is 6.19. The quantitative estimate of drug-likeness (QED) is 0.740. The maximum absolute atomic E-state index is 11.1. The number of aromatic carboxylic acids is 1. The van der Waals surface area contributed by atoms with E-state index in [1.165, 1.54) is 0 Å². The number of ether oxygens (including phenoxy) is 1. The smallest absolute Gasteiger partial charge is 0.337 e. The number of nitrogens with two attached hydrogens (primary N) is 1. The number of anilines is 2. The highest BCUT2D eigenvalue weighted by atomic mass is 79.9. The largest absolute Gasteiger partial charge is 0.478 e. The Balaban J connectivity index is 2.19. The van der Waals surface area contributed by atoms with Gasteiger partial charge in [0.2, 0.25) is 0 Å². The van der Waals surface area contributed by atoms with E-state index in [1.54, 1.807) is 12.1 Å². The van der Waals surface area contributed by atoms with Crippen LogP contribution in [0.1, 0.15) is 30.1 Å². The Kier molecular flexibility index (Phi) is 4.31. The van der Waals surface area contributed by atoms with Gasteiger partial charge in [0.15, 0.2) is 0 Å². The van der Waals surface area contributed by atoms with Crippen LogP contribution in [0.25, 0.3) is 0 Å². The van der Waals surface area contributed by atoms with Crippen LogP contribution in [0.3, 0.4) is 0 Å². The van der Waals surface area contributed by atoms with Crippen molar-refractivity contribution >= 4 is 33.3 Å². The molecule has 0 aromatic heterocycles. The summed E-state index contributed by atoms with van der Waals surface area (Å²) in [6.45, 7) is 2.82. The molecule has 19 heavy (non-hydrogen) atoms. The van der Waals surface area contributed by atoms with Crippen LogP contribution >= 0.6 is 15.9 Å². The van der Waals surface area contributed by atoms with Gasteiger partial charge in [-0.2, -0.15) is 0 Å². The molecule has 1 heterocycles. The number of carbonyl (C=O) groups is 1. The maximum atomic E-state index is 11.1. The standard InChI is InChI=1S/C13H17BrN2O3/c1-7(12-3-2-4-19-12)16-11-5-8(13(17)18)10(15)6-9(11)14/h5-7,12,16H,2-4,15H2,1H3,(H,17,18). The zero-order valence-corrected chi connectivity index (χ0v) is 12.2. The van der Waals surface area contributed by atoms with E-state index in [4.69, 9.17) is 15.6 Å². The lowest BCUT2D eigenvalue weighted by molar-refractivity contribution is 0.0698. The zero-order chi connectivity index (χ0) is 14.0. The van der Waals surface area contributed by atoms with Crippen molar-refractivity contribution in [1.29, 1.82) is 0 Å². The summed E-state index contributed by atoms with van der Waals surface area (Å²) < 4.78 is 6.36. The molecule has 5 nitrogen and oxygen atoms in total. The minimum atomic E-state index is -1.03. The molecule has 2 atom stereocenters. The van der Waals surface area contributed by atoms with Gasteiger partial charge in [-0.15, -0.1) is 0 Å². The first kappa shape index (κ1) is 14.1. The molecule has 6 heteroatoms. The minimum Gasteiger partial charge on any atom is -0.478 e. The molecule has 104 valence electrons. The first-order valence-corrected chi connectivity index (χ1v) is 6.99. The van der Waals surface area contributed by atoms with Crippen LogP contribution in [-0.4, -0.2) is 29.8 Å². The number of nitrogens with one attached hydrogen (secondary N) is 1. The summed E-state index contributed by atoms with van der Waals surface area (Å²) in [5, 5.41) is 12.4. The van der Waals surface area contributed by atoms with Crippen LogP contribution in [0.5, 0.6) is 0 Å². The SMILES string of the molecule is CC(Nc1cc(C(=O)O)c(N)cc1Br)C1CCCO1. The minimum absolute atomic E-state index is 0.102. The molecule has 0 bridgehead atoms. The van der Waals surface area contributed by atoms with Crippen molar-refractivity contribution in [3.8, 4) is 0 Å². The molecular weight excluding hydrogens is 312 g/mol. The third kappa shape index (κ3) is 3.19. The fourth-order valence-electron chi connectivity index (χ4n) is 2.22. The normalized spacial score (nSPS) is 20.2. The van der Waals surface area contributed by atoms with E-state index in [0.717, 1.165) is 29.6 Å². The number of rotatable bonds is 4. The van der Waals surface area contributed by atoms with Gasteiger partial charge in [-0.05, 0) is 47.8 Å². The second-order valence-electron chi connectivity index (χ2n) is 4.71. The number of carboxylic acid groups (broad SMARTS) is 1. The van der Waals surface area contributed by atoms with Crippen LogP contribution in [0.4, 0.5) is 11.4 Å². The summed E-state index contributed by atoms with van der Waals surface area (Å²) >= 11 is 3.39. The van der Waals surface area contributed by atoms with Gasteiger partial charge < -0.3 is 20.9 Å². The second kappa shape index (κ2) is 5.79. The second-order valence-corrected chi connectivity index (χ2v) is 5.56. The molecule has 1 fully saturated rings. The maximum Gasteiger partial charge on any atom is 0.337 e. The van der Waals surface area contributed by atoms with E-state index in [-0.39, 0.29) is 23.4 Å². The van der Waals surface area contributed by atoms with Crippen molar-refractivity contribution < 1.29 is 14.6 Å². The van der Waals surface area contributed by atoms with Crippen LogP contribution in [0, 0.1) is 0 Å². The molecule has 1 saturated heterocycles. The highest BCUT2D eigenvalue weighted by Gasteiger charge is 2.23. The molecular formula is C13H17BrN2O3. The summed E-state index contributed by atoms with van der Waals surface area (Å²) in [5.41, 5.74) is 6.75. The Morgan fingerprint density at radius 2 is 2.37 bits per heavy atom. The van der Waals surface area contributed by atoms with Gasteiger partial charge in [-0.1, -0.05) is 0 Å². The summed E-state index contributed by atoms with van der Waals surface area (Å²) in [7, 11) is 0. The predicted octanol–water partition coefficient (Wildman–Crippen LogP) is 2.71. The molecule has 1 aromatic carbocycles. The van der Waals surface area contributed by atoms with Crippen LogP contribution in [-0.2, 0) is 4.74 Å². The molecule has 4 N–H and O–H groups in total. The predicted molar refractivity (Wildman–Crippen MR) is 77.6 cm³/mol. The number of benzene rings is 1. The fourth-order valence-corrected chi connectivity index (χ4v) is 2.70. The monoisotopic (exact) mass is 328 g/mol. The number of carboxylic acids is 1. The Morgan fingerprint density at radius 1 is 1.63 bits per heavy atom. The van der Waals surface area contributed by atoms with Crippen molar-refractivity contribution in [3.05, 3.63) is 22.2 Å². The molecule has 1 aliphatic rings. The van der Waals surface area contributed by atoms with Crippen LogP contribution in [0.15, 0.2) is 16.6 Å². The molecule has 2 rings (SSSR count). The molecule has 0 radical (unpaired) electrons. The highest BCUT2D eigenvalue weighted by Crippen LogP contribution is 2.30. The lowest BCUT2D eigenvalue weighted by atomic mass is 10.1. The van der Waals surface area contributed by atoms with Crippen molar-refractivity contribution in [2.24, 2.45) is 0 Å². The Morgan fingerprint density at radius 3 is 2.95 bits per heavy atom. The number of hydrogen-bond acceptors (Lipinski definition) is 4. The van der Waals surface area contributed by atoms with Crippen LogP contribution in [0.2, 0.25) is 0 Å². The van der Waals surface area contributed by atoms with Crippen molar-refractivity contribution in [3.63, 3.8) is 0 Å². The summed E-state index contributed by atoms with van der Waals surface area (Å²) in [4.78, 5) is 11.1. The molecule has 0 saturated carbocycles. The zero-order valence-electron chi connectivity index (χ0n) is 10.6. The number of hydrogen-bond donors (Lipinski definition) is 3. The van der Waals surface area contributed by atoms with Gasteiger partial charge in [0.05, 0.1) is 11.7 Å². The van der Waals surface area contributed by atoms with E-state index in [9.17, 15) is 4.79 Å². The first-order chi connectivity index (χ1) is 8.99. The number of nitrogen functional groups attached to an aromatic ring is 1. The van der Waals surface area contributed by atoms with Crippen molar-refractivity contribution in [2.75, 3.05) is 17.7 Å². The summed E-state index contributed by atoms with van der Waals surface area (Å²) in [6.07, 6.45) is 2.25. The highest BCUT2D eigenvalue weighted by molar-refractivity contribution is 9.10. The van der Waals surface area contributed by atoms with Crippen molar-refractivity contribution in [1.82, 2.24) is 0 Å². The van der Waals surface area contributed by atoms with Gasteiger partial charge >= 0.3 is 5.97 Å². The Bertz CT molecular complexity index is 487. The van der Waals surface area contributed by atoms with Crippen molar-refractivity contribution in [2.45, 2.75) is 31.9 Å². The molecule has 0 spiro atoms.